The number of nitrogens with one attached hydrogen (secondary N) is 2. The third-order valence-electron chi connectivity index (χ3n) is 2.07. The molecular formula is C8H11N7O. The van der Waals surface area contributed by atoms with E-state index in [1.165, 1.54) is 4.63 Å². The standard InChI is InChI=1S/C8H11N7O/c1-5(8(16)9-2)10-6-3-4-7-11-13-14-15(7)12-6/h3-5H,1-2H3,(H,9,16)(H,10,12). The van der Waals surface area contributed by atoms with Crippen molar-refractivity contribution in [2.45, 2.75) is 13.0 Å². The van der Waals surface area contributed by atoms with E-state index in [1.807, 2.05) is 0 Å². The second-order valence-corrected chi connectivity index (χ2v) is 3.23. The first-order chi connectivity index (χ1) is 7.70. The summed E-state index contributed by atoms with van der Waals surface area (Å²) in [6.45, 7) is 1.74. The fourth-order valence-electron chi connectivity index (χ4n) is 1.23. The van der Waals surface area contributed by atoms with Gasteiger partial charge in [-0.2, -0.15) is 0 Å². The number of aromatic nitrogens is 5. The summed E-state index contributed by atoms with van der Waals surface area (Å²) in [6.07, 6.45) is 0. The second kappa shape index (κ2) is 4.09. The molecule has 1 atom stereocenters. The van der Waals surface area contributed by atoms with Crippen molar-refractivity contribution in [3.8, 4) is 0 Å². The van der Waals surface area contributed by atoms with Gasteiger partial charge in [0.15, 0.2) is 5.65 Å². The Hall–Kier alpha value is -2.25. The van der Waals surface area contributed by atoms with Crippen molar-refractivity contribution >= 4 is 17.4 Å². The summed E-state index contributed by atoms with van der Waals surface area (Å²) in [7, 11) is 1.58. The lowest BCUT2D eigenvalue weighted by molar-refractivity contribution is -0.121. The van der Waals surface area contributed by atoms with E-state index in [9.17, 15) is 4.79 Å². The topological polar surface area (TPSA) is 97.1 Å². The minimum absolute atomic E-state index is 0.112. The molecule has 2 N–H and O–H groups in total. The average molecular weight is 221 g/mol. The summed E-state index contributed by atoms with van der Waals surface area (Å²) in [6, 6.07) is 3.06. The van der Waals surface area contributed by atoms with Crippen LogP contribution in [-0.2, 0) is 4.79 Å². The molecule has 1 unspecified atom stereocenters. The molecule has 0 aliphatic heterocycles. The molecule has 0 saturated carbocycles. The lowest BCUT2D eigenvalue weighted by Crippen LogP contribution is -2.35. The molecule has 16 heavy (non-hydrogen) atoms. The molecule has 0 fully saturated rings. The van der Waals surface area contributed by atoms with Gasteiger partial charge in [0.25, 0.3) is 0 Å². The molecule has 2 aromatic heterocycles. The van der Waals surface area contributed by atoms with Crippen LogP contribution in [-0.4, -0.2) is 44.3 Å². The molecule has 0 saturated heterocycles. The van der Waals surface area contributed by atoms with E-state index in [2.05, 4.69) is 31.3 Å². The number of nitrogens with zero attached hydrogens (tertiary/aromatic N) is 5. The SMILES string of the molecule is CNC(=O)C(C)Nc1ccc2nnnn2n1. The van der Waals surface area contributed by atoms with Crippen LogP contribution in [0.1, 0.15) is 6.92 Å². The average Bonchev–Trinajstić information content (AvgIpc) is 2.75. The minimum atomic E-state index is -0.369. The highest BCUT2D eigenvalue weighted by molar-refractivity contribution is 5.83. The number of tetrazole rings is 1. The first kappa shape index (κ1) is 10.3. The number of hydrogen-bond donors (Lipinski definition) is 2. The van der Waals surface area contributed by atoms with E-state index >= 15 is 0 Å². The van der Waals surface area contributed by atoms with Crippen molar-refractivity contribution in [2.24, 2.45) is 0 Å². The van der Waals surface area contributed by atoms with Crippen molar-refractivity contribution in [3.05, 3.63) is 12.1 Å². The fourth-order valence-corrected chi connectivity index (χ4v) is 1.23. The van der Waals surface area contributed by atoms with E-state index in [4.69, 9.17) is 0 Å². The Morgan fingerprint density at radius 1 is 1.50 bits per heavy atom. The Kier molecular flexibility index (Phi) is 2.63. The number of fused-ring (bicyclic) bond motifs is 1. The number of anilines is 1. The Balaban J connectivity index is 2.17. The van der Waals surface area contributed by atoms with Gasteiger partial charge in [-0.15, -0.1) is 14.8 Å². The van der Waals surface area contributed by atoms with Gasteiger partial charge in [0.05, 0.1) is 0 Å². The second-order valence-electron chi connectivity index (χ2n) is 3.23. The van der Waals surface area contributed by atoms with Gasteiger partial charge in [-0.3, -0.25) is 4.79 Å². The van der Waals surface area contributed by atoms with E-state index in [0.29, 0.717) is 11.5 Å². The summed E-state index contributed by atoms with van der Waals surface area (Å²) >= 11 is 0. The van der Waals surface area contributed by atoms with Crippen LogP contribution >= 0.6 is 0 Å². The smallest absolute Gasteiger partial charge is 0.241 e. The maximum atomic E-state index is 11.3. The summed E-state index contributed by atoms with van der Waals surface area (Å²) in [4.78, 5) is 11.3. The molecule has 2 heterocycles. The zero-order chi connectivity index (χ0) is 11.5. The molecule has 0 aliphatic carbocycles. The molecular weight excluding hydrogens is 210 g/mol. The molecule has 0 bridgehead atoms. The molecule has 0 aromatic carbocycles. The molecule has 8 heteroatoms. The van der Waals surface area contributed by atoms with Gasteiger partial charge < -0.3 is 10.6 Å². The quantitative estimate of drug-likeness (QED) is 0.694. The number of carbonyl (C=O) groups is 1. The van der Waals surface area contributed by atoms with Crippen LogP contribution in [0.2, 0.25) is 0 Å². The van der Waals surface area contributed by atoms with E-state index < -0.39 is 0 Å². The molecule has 1 amide bonds. The monoisotopic (exact) mass is 221 g/mol. The van der Waals surface area contributed by atoms with Crippen molar-refractivity contribution < 1.29 is 4.79 Å². The normalized spacial score (nSPS) is 12.4. The Morgan fingerprint density at radius 2 is 2.31 bits per heavy atom. The zero-order valence-electron chi connectivity index (χ0n) is 8.88. The molecule has 8 nitrogen and oxygen atoms in total. The van der Waals surface area contributed by atoms with Gasteiger partial charge in [0, 0.05) is 7.05 Å². The molecule has 84 valence electrons. The van der Waals surface area contributed by atoms with Crippen molar-refractivity contribution in [2.75, 3.05) is 12.4 Å². The summed E-state index contributed by atoms with van der Waals surface area (Å²) in [5, 5.41) is 20.4. The van der Waals surface area contributed by atoms with Crippen LogP contribution in [0.3, 0.4) is 0 Å². The summed E-state index contributed by atoms with van der Waals surface area (Å²) < 4.78 is 1.29. The molecule has 0 spiro atoms. The third kappa shape index (κ3) is 1.90. The number of carbonyl (C=O) groups excluding carboxylic acids is 1. The largest absolute Gasteiger partial charge is 0.357 e. The van der Waals surface area contributed by atoms with Gasteiger partial charge in [0.1, 0.15) is 11.9 Å². The molecule has 0 aliphatic rings. The third-order valence-corrected chi connectivity index (χ3v) is 2.07. The first-order valence-electron chi connectivity index (χ1n) is 4.74. The van der Waals surface area contributed by atoms with E-state index in [0.717, 1.165) is 0 Å². The fraction of sp³-hybridized carbons (Fsp3) is 0.375. The first-order valence-corrected chi connectivity index (χ1v) is 4.74. The number of rotatable bonds is 3. The van der Waals surface area contributed by atoms with Crippen LogP contribution in [0.15, 0.2) is 12.1 Å². The van der Waals surface area contributed by atoms with Gasteiger partial charge in [-0.25, -0.2) is 0 Å². The van der Waals surface area contributed by atoms with Crippen LogP contribution in [0, 0.1) is 0 Å². The lowest BCUT2D eigenvalue weighted by atomic mass is 10.3. The maximum Gasteiger partial charge on any atom is 0.241 e. The molecule has 2 rings (SSSR count). The lowest BCUT2D eigenvalue weighted by Gasteiger charge is -2.11. The van der Waals surface area contributed by atoms with Gasteiger partial charge >= 0.3 is 0 Å². The number of amides is 1. The van der Waals surface area contributed by atoms with E-state index in [1.54, 1.807) is 26.1 Å². The summed E-state index contributed by atoms with van der Waals surface area (Å²) in [5.41, 5.74) is 0.554. The van der Waals surface area contributed by atoms with Gasteiger partial charge in [-0.1, -0.05) is 0 Å². The van der Waals surface area contributed by atoms with Crippen LogP contribution in [0.25, 0.3) is 5.65 Å². The highest BCUT2D eigenvalue weighted by atomic mass is 16.2. The Labute approximate surface area is 91.0 Å². The molecule has 0 radical (unpaired) electrons. The Bertz CT molecular complexity index is 508. The van der Waals surface area contributed by atoms with Gasteiger partial charge in [-0.05, 0) is 29.5 Å². The van der Waals surface area contributed by atoms with E-state index in [-0.39, 0.29) is 11.9 Å². The summed E-state index contributed by atoms with van der Waals surface area (Å²) in [5.74, 6) is 0.425. The van der Waals surface area contributed by atoms with Crippen LogP contribution < -0.4 is 10.6 Å². The number of likely N-dealkylation sites (N-methyl/N-ethyl adjacent to an activating group) is 1. The minimum Gasteiger partial charge on any atom is -0.357 e. The molecule has 2 aromatic rings. The predicted molar refractivity (Wildman–Crippen MR) is 55.7 cm³/mol. The maximum absolute atomic E-state index is 11.3. The Morgan fingerprint density at radius 3 is 3.06 bits per heavy atom. The van der Waals surface area contributed by atoms with Crippen LogP contribution in [0.5, 0.6) is 0 Å². The highest BCUT2D eigenvalue weighted by Gasteiger charge is 2.11. The van der Waals surface area contributed by atoms with Crippen molar-refractivity contribution in [3.63, 3.8) is 0 Å². The van der Waals surface area contributed by atoms with Crippen molar-refractivity contribution in [1.29, 1.82) is 0 Å². The zero-order valence-corrected chi connectivity index (χ0v) is 8.88. The number of hydrogen-bond acceptors (Lipinski definition) is 6. The highest BCUT2D eigenvalue weighted by Crippen LogP contribution is 2.04. The van der Waals surface area contributed by atoms with Crippen molar-refractivity contribution in [1.82, 2.24) is 30.6 Å². The van der Waals surface area contributed by atoms with Gasteiger partial charge in [0.2, 0.25) is 5.91 Å². The predicted octanol–water partition coefficient (Wildman–Crippen LogP) is -0.934. The van der Waals surface area contributed by atoms with Crippen LogP contribution in [0.4, 0.5) is 5.82 Å².